The van der Waals surface area contributed by atoms with Crippen molar-refractivity contribution in [3.8, 4) is 23.4 Å². The SMILES string of the molecule is CCOc1ncccc1C(=O)Nc1ccc(C#N)cc1OC(=O)Oc1ccccc1. The van der Waals surface area contributed by atoms with E-state index in [1.807, 2.05) is 6.07 Å². The minimum atomic E-state index is -1.01. The molecule has 1 aromatic heterocycles. The first-order valence-electron chi connectivity index (χ1n) is 8.98. The Morgan fingerprint density at radius 3 is 2.60 bits per heavy atom. The van der Waals surface area contributed by atoms with Crippen molar-refractivity contribution in [1.29, 1.82) is 5.26 Å². The minimum absolute atomic E-state index is 0.0369. The Hall–Kier alpha value is -4.38. The van der Waals surface area contributed by atoms with Crippen molar-refractivity contribution in [2.24, 2.45) is 0 Å². The minimum Gasteiger partial charge on any atom is -0.477 e. The highest BCUT2D eigenvalue weighted by Crippen LogP contribution is 2.28. The van der Waals surface area contributed by atoms with E-state index in [0.717, 1.165) is 0 Å². The second-order valence-electron chi connectivity index (χ2n) is 5.83. The zero-order chi connectivity index (χ0) is 21.3. The molecule has 0 spiro atoms. The number of carbonyl (C=O) groups excluding carboxylic acids is 2. The van der Waals surface area contributed by atoms with E-state index in [4.69, 9.17) is 19.5 Å². The van der Waals surface area contributed by atoms with Crippen LogP contribution in [0.5, 0.6) is 17.4 Å². The molecule has 0 fully saturated rings. The number of anilines is 1. The van der Waals surface area contributed by atoms with Gasteiger partial charge in [0.1, 0.15) is 11.3 Å². The average molecular weight is 403 g/mol. The first-order chi connectivity index (χ1) is 14.6. The molecule has 0 aliphatic heterocycles. The highest BCUT2D eigenvalue weighted by molar-refractivity contribution is 6.06. The number of hydrogen-bond donors (Lipinski definition) is 1. The van der Waals surface area contributed by atoms with E-state index < -0.39 is 12.1 Å². The van der Waals surface area contributed by atoms with Gasteiger partial charge in [-0.3, -0.25) is 4.79 Å². The molecule has 150 valence electrons. The molecule has 0 aliphatic rings. The number of carbonyl (C=O) groups is 2. The van der Waals surface area contributed by atoms with Crippen LogP contribution in [0, 0.1) is 11.3 Å². The lowest BCUT2D eigenvalue weighted by Gasteiger charge is -2.13. The lowest BCUT2D eigenvalue weighted by molar-refractivity contribution is 0.102. The second kappa shape index (κ2) is 9.71. The van der Waals surface area contributed by atoms with Crippen LogP contribution in [-0.4, -0.2) is 23.7 Å². The van der Waals surface area contributed by atoms with Gasteiger partial charge in [-0.25, -0.2) is 9.78 Å². The molecule has 2 aromatic carbocycles. The molecule has 0 atom stereocenters. The van der Waals surface area contributed by atoms with Gasteiger partial charge in [0, 0.05) is 12.3 Å². The van der Waals surface area contributed by atoms with Gasteiger partial charge in [0.15, 0.2) is 5.75 Å². The van der Waals surface area contributed by atoms with Crippen LogP contribution in [0.4, 0.5) is 10.5 Å². The summed E-state index contributed by atoms with van der Waals surface area (Å²) in [7, 11) is 0. The molecule has 0 radical (unpaired) electrons. The lowest BCUT2D eigenvalue weighted by Crippen LogP contribution is -2.18. The summed E-state index contributed by atoms with van der Waals surface area (Å²) in [4.78, 5) is 28.9. The third-order valence-corrected chi connectivity index (χ3v) is 3.79. The van der Waals surface area contributed by atoms with Gasteiger partial charge >= 0.3 is 6.16 Å². The summed E-state index contributed by atoms with van der Waals surface area (Å²) in [6, 6.07) is 17.7. The van der Waals surface area contributed by atoms with Crippen LogP contribution in [-0.2, 0) is 0 Å². The van der Waals surface area contributed by atoms with Crippen LogP contribution in [0.15, 0.2) is 66.9 Å². The van der Waals surface area contributed by atoms with Crippen molar-refractivity contribution in [3.63, 3.8) is 0 Å². The normalized spacial score (nSPS) is 9.87. The molecule has 3 rings (SSSR count). The Morgan fingerprint density at radius 2 is 1.87 bits per heavy atom. The van der Waals surface area contributed by atoms with Crippen molar-refractivity contribution in [2.45, 2.75) is 6.92 Å². The second-order valence-corrected chi connectivity index (χ2v) is 5.83. The number of amides is 1. The van der Waals surface area contributed by atoms with Crippen LogP contribution < -0.4 is 19.5 Å². The number of hydrogen-bond acceptors (Lipinski definition) is 7. The topological polar surface area (TPSA) is 111 Å². The van der Waals surface area contributed by atoms with E-state index in [2.05, 4.69) is 10.3 Å². The van der Waals surface area contributed by atoms with Crippen molar-refractivity contribution in [2.75, 3.05) is 11.9 Å². The fourth-order valence-corrected chi connectivity index (χ4v) is 2.48. The Kier molecular flexibility index (Phi) is 6.59. The number of rotatable bonds is 6. The molecule has 1 amide bonds. The van der Waals surface area contributed by atoms with Gasteiger partial charge in [0.2, 0.25) is 5.88 Å². The Balaban J connectivity index is 1.82. The summed E-state index contributed by atoms with van der Waals surface area (Å²) >= 11 is 0. The summed E-state index contributed by atoms with van der Waals surface area (Å²) in [5.74, 6) is -0.0824. The molecule has 8 nitrogen and oxygen atoms in total. The number of aromatic nitrogens is 1. The van der Waals surface area contributed by atoms with Gasteiger partial charge in [-0.15, -0.1) is 0 Å². The number of para-hydroxylation sites is 1. The van der Waals surface area contributed by atoms with Crippen molar-refractivity contribution < 1.29 is 23.8 Å². The van der Waals surface area contributed by atoms with Crippen LogP contribution >= 0.6 is 0 Å². The zero-order valence-electron chi connectivity index (χ0n) is 16.0. The van der Waals surface area contributed by atoms with E-state index in [9.17, 15) is 9.59 Å². The van der Waals surface area contributed by atoms with E-state index in [-0.39, 0.29) is 28.4 Å². The third kappa shape index (κ3) is 5.11. The first kappa shape index (κ1) is 20.4. The van der Waals surface area contributed by atoms with Gasteiger partial charge < -0.3 is 19.5 Å². The van der Waals surface area contributed by atoms with E-state index in [1.165, 1.54) is 24.4 Å². The molecule has 3 aromatic rings. The van der Waals surface area contributed by atoms with Crippen molar-refractivity contribution in [1.82, 2.24) is 4.98 Å². The first-order valence-corrected chi connectivity index (χ1v) is 8.98. The maximum absolute atomic E-state index is 12.7. The molecule has 1 heterocycles. The molecule has 0 bridgehead atoms. The Morgan fingerprint density at radius 1 is 1.07 bits per heavy atom. The quantitative estimate of drug-likeness (QED) is 0.485. The molecular weight excluding hydrogens is 386 g/mol. The summed E-state index contributed by atoms with van der Waals surface area (Å²) in [6.07, 6.45) is 0.501. The lowest BCUT2D eigenvalue weighted by atomic mass is 10.2. The number of pyridine rings is 1. The van der Waals surface area contributed by atoms with Crippen molar-refractivity contribution in [3.05, 3.63) is 78.0 Å². The van der Waals surface area contributed by atoms with Gasteiger partial charge in [-0.2, -0.15) is 5.26 Å². The van der Waals surface area contributed by atoms with Gasteiger partial charge in [-0.05, 0) is 43.3 Å². The Labute approximate surface area is 172 Å². The van der Waals surface area contributed by atoms with Crippen LogP contribution in [0.2, 0.25) is 0 Å². The fourth-order valence-electron chi connectivity index (χ4n) is 2.48. The summed E-state index contributed by atoms with van der Waals surface area (Å²) in [6.45, 7) is 2.12. The van der Waals surface area contributed by atoms with Gasteiger partial charge in [0.25, 0.3) is 5.91 Å². The molecule has 0 aliphatic carbocycles. The maximum atomic E-state index is 12.7. The van der Waals surface area contributed by atoms with E-state index >= 15 is 0 Å². The van der Waals surface area contributed by atoms with Crippen LogP contribution in [0.25, 0.3) is 0 Å². The highest BCUT2D eigenvalue weighted by atomic mass is 16.7. The molecule has 1 N–H and O–H groups in total. The predicted octanol–water partition coefficient (Wildman–Crippen LogP) is 4.18. The molecule has 8 heteroatoms. The third-order valence-electron chi connectivity index (χ3n) is 3.79. The molecule has 0 saturated carbocycles. The monoisotopic (exact) mass is 403 g/mol. The average Bonchev–Trinajstić information content (AvgIpc) is 2.76. The molecule has 30 heavy (non-hydrogen) atoms. The maximum Gasteiger partial charge on any atom is 0.519 e. The number of benzene rings is 2. The standard InChI is InChI=1S/C22H17N3O5/c1-2-28-21-17(9-6-12-24-21)20(26)25-18-11-10-15(14-23)13-19(18)30-22(27)29-16-7-4-3-5-8-16/h3-13H,2H2,1H3,(H,25,26). The largest absolute Gasteiger partial charge is 0.519 e. The van der Waals surface area contributed by atoms with E-state index in [0.29, 0.717) is 12.4 Å². The van der Waals surface area contributed by atoms with Gasteiger partial charge in [-0.1, -0.05) is 18.2 Å². The number of nitrogens with zero attached hydrogens (tertiary/aromatic N) is 2. The van der Waals surface area contributed by atoms with Gasteiger partial charge in [0.05, 0.1) is 23.9 Å². The number of nitrogens with one attached hydrogen (secondary N) is 1. The smallest absolute Gasteiger partial charge is 0.477 e. The predicted molar refractivity (Wildman–Crippen MR) is 108 cm³/mol. The zero-order valence-corrected chi connectivity index (χ0v) is 16.0. The highest BCUT2D eigenvalue weighted by Gasteiger charge is 2.18. The summed E-state index contributed by atoms with van der Waals surface area (Å²) in [5, 5.41) is 11.8. The molecule has 0 unspecified atom stereocenters. The number of ether oxygens (including phenoxy) is 3. The van der Waals surface area contributed by atoms with Crippen molar-refractivity contribution >= 4 is 17.7 Å². The molecular formula is C22H17N3O5. The fraction of sp³-hybridized carbons (Fsp3) is 0.0909. The van der Waals surface area contributed by atoms with E-state index in [1.54, 1.807) is 49.4 Å². The van der Waals surface area contributed by atoms with Crippen LogP contribution in [0.3, 0.4) is 0 Å². The summed E-state index contributed by atoms with van der Waals surface area (Å²) < 4.78 is 15.7. The summed E-state index contributed by atoms with van der Waals surface area (Å²) in [5.41, 5.74) is 0.628. The Bertz CT molecular complexity index is 1090. The molecule has 0 saturated heterocycles. The van der Waals surface area contributed by atoms with Crippen LogP contribution in [0.1, 0.15) is 22.8 Å². The number of nitriles is 1.